The number of carbonyl (C=O) groups excluding carboxylic acids is 3. The van der Waals surface area contributed by atoms with E-state index in [1.807, 2.05) is 37.3 Å². The Balaban J connectivity index is 1.63. The first-order chi connectivity index (χ1) is 15.3. The first-order valence-electron chi connectivity index (χ1n) is 9.88. The van der Waals surface area contributed by atoms with E-state index in [9.17, 15) is 14.4 Å². The third kappa shape index (κ3) is 5.33. The van der Waals surface area contributed by atoms with Crippen LogP contribution in [0.15, 0.2) is 54.6 Å². The molecule has 0 aliphatic carbocycles. The molecule has 1 heterocycles. The van der Waals surface area contributed by atoms with Gasteiger partial charge in [-0.1, -0.05) is 54.1 Å². The molecule has 9 heteroatoms. The third-order valence-corrected chi connectivity index (χ3v) is 5.22. The topological polar surface area (TPSA) is 102 Å². The summed E-state index contributed by atoms with van der Waals surface area (Å²) < 4.78 is 6.42. The zero-order valence-electron chi connectivity index (χ0n) is 17.9. The summed E-state index contributed by atoms with van der Waals surface area (Å²) in [4.78, 5) is 37.4. The second-order valence-electron chi connectivity index (χ2n) is 7.15. The minimum atomic E-state index is -0.751. The molecule has 0 saturated heterocycles. The van der Waals surface area contributed by atoms with E-state index in [1.165, 1.54) is 4.68 Å². The highest BCUT2D eigenvalue weighted by atomic mass is 35.5. The van der Waals surface area contributed by atoms with Crippen LogP contribution in [0.25, 0.3) is 0 Å². The van der Waals surface area contributed by atoms with Crippen LogP contribution in [0.2, 0.25) is 5.15 Å². The fourth-order valence-electron chi connectivity index (χ4n) is 3.14. The molecule has 0 bridgehead atoms. The molecule has 8 nitrogen and oxygen atoms in total. The van der Waals surface area contributed by atoms with Crippen LogP contribution in [0.1, 0.15) is 44.9 Å². The number of carbonyl (C=O) groups is 3. The average Bonchev–Trinajstić information content (AvgIpc) is 3.04. The minimum Gasteiger partial charge on any atom is -0.452 e. The van der Waals surface area contributed by atoms with Gasteiger partial charge in [0.15, 0.2) is 6.61 Å². The molecule has 32 heavy (non-hydrogen) atoms. The molecule has 1 atom stereocenters. The van der Waals surface area contributed by atoms with E-state index in [4.69, 9.17) is 16.3 Å². The van der Waals surface area contributed by atoms with Gasteiger partial charge in [0.05, 0.1) is 23.0 Å². The highest BCUT2D eigenvalue weighted by Gasteiger charge is 2.22. The molecule has 2 aromatic carbocycles. The van der Waals surface area contributed by atoms with Crippen LogP contribution in [0.5, 0.6) is 0 Å². The van der Waals surface area contributed by atoms with Crippen LogP contribution < -0.4 is 10.6 Å². The van der Waals surface area contributed by atoms with Gasteiger partial charge in [0.25, 0.3) is 11.8 Å². The number of rotatable bonds is 7. The molecular weight excluding hydrogens is 432 g/mol. The highest BCUT2D eigenvalue weighted by molar-refractivity contribution is 6.32. The smallest absolute Gasteiger partial charge is 0.343 e. The van der Waals surface area contributed by atoms with Crippen molar-refractivity contribution >= 4 is 35.1 Å². The third-order valence-electron chi connectivity index (χ3n) is 4.78. The lowest BCUT2D eigenvalue weighted by atomic mass is 10.1. The van der Waals surface area contributed by atoms with E-state index < -0.39 is 18.5 Å². The first kappa shape index (κ1) is 23.0. The van der Waals surface area contributed by atoms with Gasteiger partial charge in [-0.3, -0.25) is 14.3 Å². The van der Waals surface area contributed by atoms with Crippen molar-refractivity contribution in [3.63, 3.8) is 0 Å². The Morgan fingerprint density at radius 1 is 1.09 bits per heavy atom. The highest BCUT2D eigenvalue weighted by Crippen LogP contribution is 2.20. The zero-order chi connectivity index (χ0) is 23.3. The van der Waals surface area contributed by atoms with Gasteiger partial charge in [-0.05, 0) is 31.5 Å². The number of hydrogen-bond donors (Lipinski definition) is 2. The number of benzene rings is 2. The number of halogens is 1. The number of esters is 1. The van der Waals surface area contributed by atoms with Crippen LogP contribution in [0, 0.1) is 6.92 Å². The van der Waals surface area contributed by atoms with Gasteiger partial charge in [0.1, 0.15) is 10.7 Å². The molecule has 3 aromatic rings. The van der Waals surface area contributed by atoms with Gasteiger partial charge in [0.2, 0.25) is 0 Å². The molecule has 1 aromatic heterocycles. The van der Waals surface area contributed by atoms with Crippen LogP contribution >= 0.6 is 11.6 Å². The predicted molar refractivity (Wildman–Crippen MR) is 121 cm³/mol. The van der Waals surface area contributed by atoms with Gasteiger partial charge in [-0.15, -0.1) is 0 Å². The quantitative estimate of drug-likeness (QED) is 0.530. The van der Waals surface area contributed by atoms with E-state index >= 15 is 0 Å². The summed E-state index contributed by atoms with van der Waals surface area (Å²) in [5, 5.41) is 9.70. The maximum Gasteiger partial charge on any atom is 0.343 e. The van der Waals surface area contributed by atoms with Gasteiger partial charge >= 0.3 is 5.97 Å². The molecular formula is C23H23ClN4O4. The van der Waals surface area contributed by atoms with E-state index in [0.717, 1.165) is 5.56 Å². The molecule has 0 radical (unpaired) electrons. The van der Waals surface area contributed by atoms with Crippen molar-refractivity contribution in [1.29, 1.82) is 0 Å². The van der Waals surface area contributed by atoms with Crippen LogP contribution in [0.4, 0.5) is 5.69 Å². The van der Waals surface area contributed by atoms with Gasteiger partial charge in [-0.2, -0.15) is 5.10 Å². The second-order valence-corrected chi connectivity index (χ2v) is 7.51. The molecule has 0 spiro atoms. The maximum absolute atomic E-state index is 12.8. The van der Waals surface area contributed by atoms with Crippen molar-refractivity contribution in [3.05, 3.63) is 82.1 Å². The van der Waals surface area contributed by atoms with E-state index in [2.05, 4.69) is 15.7 Å². The average molecular weight is 455 g/mol. The van der Waals surface area contributed by atoms with Gasteiger partial charge in [0, 0.05) is 7.05 Å². The zero-order valence-corrected chi connectivity index (χ0v) is 18.6. The Kier molecular flexibility index (Phi) is 7.27. The number of aryl methyl sites for hydroxylation is 2. The molecule has 0 saturated carbocycles. The van der Waals surface area contributed by atoms with Crippen molar-refractivity contribution < 1.29 is 19.1 Å². The molecule has 3 rings (SSSR count). The molecule has 1 unspecified atom stereocenters. The summed E-state index contributed by atoms with van der Waals surface area (Å²) in [5.41, 5.74) is 2.07. The number of nitrogens with one attached hydrogen (secondary N) is 2. The summed E-state index contributed by atoms with van der Waals surface area (Å²) in [7, 11) is 1.60. The molecule has 2 N–H and O–H groups in total. The lowest BCUT2D eigenvalue weighted by Crippen LogP contribution is -2.28. The van der Waals surface area contributed by atoms with Crippen molar-refractivity contribution in [1.82, 2.24) is 15.1 Å². The normalized spacial score (nSPS) is 11.5. The fraction of sp³-hybridized carbons (Fsp3) is 0.217. The number of ether oxygens (including phenoxy) is 1. The van der Waals surface area contributed by atoms with Gasteiger partial charge < -0.3 is 15.4 Å². The minimum absolute atomic E-state index is 0.108. The van der Waals surface area contributed by atoms with E-state index in [1.54, 1.807) is 38.2 Å². The van der Waals surface area contributed by atoms with Crippen molar-refractivity contribution in [2.75, 3.05) is 11.9 Å². The summed E-state index contributed by atoms with van der Waals surface area (Å²) in [6.45, 7) is 2.95. The maximum atomic E-state index is 12.8. The van der Waals surface area contributed by atoms with Crippen molar-refractivity contribution in [2.24, 2.45) is 7.05 Å². The Bertz CT molecular complexity index is 1140. The van der Waals surface area contributed by atoms with Gasteiger partial charge in [-0.25, -0.2) is 4.79 Å². The molecule has 0 aliphatic rings. The lowest BCUT2D eigenvalue weighted by molar-refractivity contribution is -0.119. The number of para-hydroxylation sites is 1. The Morgan fingerprint density at radius 2 is 1.75 bits per heavy atom. The Labute approximate surface area is 190 Å². The SMILES string of the molecule is Cc1nn(C)c(Cl)c1C(=O)OCC(=O)Nc1ccccc1C(=O)NC(C)c1ccccc1. The number of amides is 2. The summed E-state index contributed by atoms with van der Waals surface area (Å²) in [6, 6.07) is 15.9. The van der Waals surface area contributed by atoms with E-state index in [0.29, 0.717) is 16.9 Å². The van der Waals surface area contributed by atoms with Crippen LogP contribution in [0.3, 0.4) is 0 Å². The summed E-state index contributed by atoms with van der Waals surface area (Å²) in [5.74, 6) is -1.68. The molecule has 2 amide bonds. The Hall–Kier alpha value is -3.65. The number of anilines is 1. The van der Waals surface area contributed by atoms with Crippen LogP contribution in [-0.4, -0.2) is 34.2 Å². The number of hydrogen-bond acceptors (Lipinski definition) is 5. The molecule has 0 fully saturated rings. The second kappa shape index (κ2) is 10.1. The molecule has 0 aliphatic heterocycles. The predicted octanol–water partition coefficient (Wildman–Crippen LogP) is 3.67. The van der Waals surface area contributed by atoms with Crippen molar-refractivity contribution in [2.45, 2.75) is 19.9 Å². The first-order valence-corrected chi connectivity index (χ1v) is 10.3. The largest absolute Gasteiger partial charge is 0.452 e. The number of aromatic nitrogens is 2. The van der Waals surface area contributed by atoms with Crippen molar-refractivity contribution in [3.8, 4) is 0 Å². The fourth-order valence-corrected chi connectivity index (χ4v) is 3.39. The number of nitrogens with zero attached hydrogens (tertiary/aromatic N) is 2. The van der Waals surface area contributed by atoms with E-state index in [-0.39, 0.29) is 22.7 Å². The molecule has 166 valence electrons. The monoisotopic (exact) mass is 454 g/mol. The summed E-state index contributed by atoms with van der Waals surface area (Å²) >= 11 is 6.05. The summed E-state index contributed by atoms with van der Waals surface area (Å²) in [6.07, 6.45) is 0. The van der Waals surface area contributed by atoms with Crippen LogP contribution in [-0.2, 0) is 16.6 Å². The standard InChI is InChI=1S/C23H23ClN4O4/c1-14(16-9-5-4-6-10-16)25-22(30)17-11-7-8-12-18(17)26-19(29)13-32-23(31)20-15(2)27-28(3)21(20)24/h4-12,14H,13H2,1-3H3,(H,25,30)(H,26,29). The lowest BCUT2D eigenvalue weighted by Gasteiger charge is -2.16. The Morgan fingerprint density at radius 3 is 2.41 bits per heavy atom.